The van der Waals surface area contributed by atoms with Gasteiger partial charge >= 0.3 is 11.9 Å². The second-order valence-electron chi connectivity index (χ2n) is 7.28. The zero-order chi connectivity index (χ0) is 22.8. The maximum absolute atomic E-state index is 11.9. The second kappa shape index (κ2) is 18.3. The van der Waals surface area contributed by atoms with E-state index in [1.165, 1.54) is 0 Å². The van der Waals surface area contributed by atoms with Gasteiger partial charge in [-0.05, 0) is 32.1 Å². The maximum Gasteiger partial charge on any atom is 0.308 e. The summed E-state index contributed by atoms with van der Waals surface area (Å²) in [4.78, 5) is 23.8. The number of ether oxygens (including phenoxy) is 2. The molecule has 0 spiro atoms. The molecule has 0 heterocycles. The summed E-state index contributed by atoms with van der Waals surface area (Å²) in [5, 5.41) is 2.93. The monoisotopic (exact) mass is 461 g/mol. The lowest BCUT2D eigenvalue weighted by atomic mass is 10.0. The zero-order valence-electron chi connectivity index (χ0n) is 18.5. The number of nitrogens with one attached hydrogen (secondary N) is 1. The minimum atomic E-state index is -0.175. The molecule has 0 rings (SSSR count). The lowest BCUT2D eigenvalue weighted by molar-refractivity contribution is -0.148. The van der Waals surface area contributed by atoms with Crippen LogP contribution in [-0.4, -0.2) is 43.2 Å². The minimum Gasteiger partial charge on any atom is -0.465 e. The Labute approximate surface area is 189 Å². The van der Waals surface area contributed by atoms with Gasteiger partial charge in [0.1, 0.15) is 13.2 Å². The zero-order valence-corrected chi connectivity index (χ0v) is 20.1. The van der Waals surface area contributed by atoms with Crippen molar-refractivity contribution in [3.63, 3.8) is 0 Å². The number of carbonyl (C=O) groups excluding carboxylic acids is 2. The fourth-order valence-electron chi connectivity index (χ4n) is 2.45. The number of unbranched alkanes of at least 4 members (excludes halogenated alkanes) is 1. The lowest BCUT2D eigenvalue weighted by Gasteiger charge is -2.12. The van der Waals surface area contributed by atoms with Crippen molar-refractivity contribution in [2.75, 3.05) is 31.3 Å². The molecule has 0 aliphatic heterocycles. The van der Waals surface area contributed by atoms with Crippen LogP contribution in [0.4, 0.5) is 0 Å². The number of rotatable bonds is 19. The predicted octanol–water partition coefficient (Wildman–Crippen LogP) is 3.56. The van der Waals surface area contributed by atoms with Gasteiger partial charge in [0.15, 0.2) is 0 Å². The van der Waals surface area contributed by atoms with Crippen molar-refractivity contribution in [1.29, 1.82) is 0 Å². The molecule has 0 bridgehead atoms. The maximum atomic E-state index is 11.9. The van der Waals surface area contributed by atoms with E-state index < -0.39 is 0 Å². The third-order valence-electron chi connectivity index (χ3n) is 4.26. The average molecular weight is 462 g/mol. The molecular formula is C21H39N3O4S2. The number of carbonyl (C=O) groups is 2. The van der Waals surface area contributed by atoms with Gasteiger partial charge < -0.3 is 26.3 Å². The summed E-state index contributed by atoms with van der Waals surface area (Å²) in [6, 6.07) is 0. The number of nitrogens with two attached hydrogens (primary N) is 2. The van der Waals surface area contributed by atoms with Crippen molar-refractivity contribution in [2.24, 2.45) is 23.3 Å². The average Bonchev–Trinajstić information content (AvgIpc) is 2.69. The fourth-order valence-corrected chi connectivity index (χ4v) is 4.10. The van der Waals surface area contributed by atoms with Gasteiger partial charge in [-0.3, -0.25) is 9.59 Å². The summed E-state index contributed by atoms with van der Waals surface area (Å²) in [5.74, 6) is 1.29. The van der Waals surface area contributed by atoms with Gasteiger partial charge in [0.2, 0.25) is 0 Å². The summed E-state index contributed by atoms with van der Waals surface area (Å²) in [6.45, 7) is 12.5. The molecule has 5 N–H and O–H groups in total. The van der Waals surface area contributed by atoms with E-state index in [9.17, 15) is 9.59 Å². The summed E-state index contributed by atoms with van der Waals surface area (Å²) < 4.78 is 10.6. The summed E-state index contributed by atoms with van der Waals surface area (Å²) in [6.07, 6.45) is 5.06. The first-order chi connectivity index (χ1) is 14.2. The van der Waals surface area contributed by atoms with Gasteiger partial charge in [-0.1, -0.05) is 55.0 Å². The number of allylic oxidation sites excluding steroid dienone is 1. The van der Waals surface area contributed by atoms with Crippen LogP contribution in [0, 0.1) is 11.8 Å². The highest BCUT2D eigenvalue weighted by Crippen LogP contribution is 2.21. The molecule has 0 aromatic rings. The molecule has 0 amide bonds. The third kappa shape index (κ3) is 17.4. The number of hydrogen-bond acceptors (Lipinski definition) is 9. The molecule has 0 radical (unpaired) electrons. The molecular weight excluding hydrogens is 422 g/mol. The molecule has 0 aliphatic carbocycles. The van der Waals surface area contributed by atoms with E-state index in [2.05, 4.69) is 18.5 Å². The molecule has 2 atom stereocenters. The molecule has 0 aromatic heterocycles. The first-order valence-electron chi connectivity index (χ1n) is 10.4. The van der Waals surface area contributed by atoms with Gasteiger partial charge in [0.05, 0.1) is 17.7 Å². The topological polar surface area (TPSA) is 117 Å². The molecule has 0 fully saturated rings. The van der Waals surface area contributed by atoms with Gasteiger partial charge in [-0.2, -0.15) is 0 Å². The van der Waals surface area contributed by atoms with E-state index >= 15 is 0 Å². The van der Waals surface area contributed by atoms with E-state index in [0.29, 0.717) is 42.8 Å². The van der Waals surface area contributed by atoms with Crippen LogP contribution in [-0.2, 0) is 19.1 Å². The Morgan fingerprint density at radius 2 is 1.40 bits per heavy atom. The van der Waals surface area contributed by atoms with E-state index in [-0.39, 0.29) is 23.8 Å². The van der Waals surface area contributed by atoms with Crippen LogP contribution in [0.1, 0.15) is 52.4 Å². The second-order valence-corrected chi connectivity index (χ2v) is 9.98. The van der Waals surface area contributed by atoms with Crippen molar-refractivity contribution in [1.82, 2.24) is 5.32 Å². The molecule has 7 nitrogen and oxygen atoms in total. The van der Waals surface area contributed by atoms with Gasteiger partial charge in [-0.15, -0.1) is 0 Å². The summed E-state index contributed by atoms with van der Waals surface area (Å²) in [5.41, 5.74) is 11.6. The van der Waals surface area contributed by atoms with E-state index in [0.717, 1.165) is 38.5 Å². The van der Waals surface area contributed by atoms with Crippen LogP contribution in [0.15, 0.2) is 24.7 Å². The van der Waals surface area contributed by atoms with Crippen molar-refractivity contribution in [3.05, 3.63) is 24.7 Å². The van der Waals surface area contributed by atoms with Crippen LogP contribution >= 0.6 is 21.6 Å². The molecule has 0 aliphatic rings. The van der Waals surface area contributed by atoms with Gasteiger partial charge in [0, 0.05) is 23.7 Å². The number of esters is 2. The smallest absolute Gasteiger partial charge is 0.308 e. The van der Waals surface area contributed by atoms with E-state index in [1.54, 1.807) is 21.6 Å². The Hall–Kier alpha value is -1.48. The van der Waals surface area contributed by atoms with E-state index in [1.807, 2.05) is 13.8 Å². The normalized spacial score (nSPS) is 12.6. The highest BCUT2D eigenvalue weighted by Gasteiger charge is 2.15. The van der Waals surface area contributed by atoms with Crippen LogP contribution in [0.3, 0.4) is 0 Å². The standard InChI is InChI=1S/C21H39N3O4S2/c1-16(8-5-6-10-18(3)22)20(25)27-12-14-29-30-15-13-28-21(26)17(2)9-7-11-24-19(4)23/h16-17,24H,3-15,22-23H2,1-2H3. The van der Waals surface area contributed by atoms with Gasteiger partial charge in [0.25, 0.3) is 0 Å². The molecule has 2 unspecified atom stereocenters. The molecule has 174 valence electrons. The van der Waals surface area contributed by atoms with Crippen molar-refractivity contribution < 1.29 is 19.1 Å². The first kappa shape index (κ1) is 28.5. The van der Waals surface area contributed by atoms with Crippen molar-refractivity contribution >= 4 is 33.5 Å². The quantitative estimate of drug-likeness (QED) is 0.151. The Morgan fingerprint density at radius 1 is 0.900 bits per heavy atom. The summed E-state index contributed by atoms with van der Waals surface area (Å²) >= 11 is 0. The number of hydrogen-bond donors (Lipinski definition) is 3. The first-order valence-corrected chi connectivity index (χ1v) is 12.9. The molecule has 9 heteroatoms. The van der Waals surface area contributed by atoms with Crippen LogP contribution in [0.2, 0.25) is 0 Å². The fraction of sp³-hybridized carbons (Fsp3) is 0.714. The predicted molar refractivity (Wildman–Crippen MR) is 128 cm³/mol. The molecule has 0 saturated carbocycles. The minimum absolute atomic E-state index is 0.0972. The Kier molecular flexibility index (Phi) is 17.4. The molecule has 0 aromatic carbocycles. The Morgan fingerprint density at radius 3 is 1.87 bits per heavy atom. The van der Waals surface area contributed by atoms with Crippen LogP contribution < -0.4 is 16.8 Å². The van der Waals surface area contributed by atoms with Crippen LogP contribution in [0.25, 0.3) is 0 Å². The largest absolute Gasteiger partial charge is 0.465 e. The van der Waals surface area contributed by atoms with E-state index in [4.69, 9.17) is 20.9 Å². The molecule has 0 saturated heterocycles. The Balaban J connectivity index is 3.57. The van der Waals surface area contributed by atoms with Crippen LogP contribution in [0.5, 0.6) is 0 Å². The third-order valence-corrected chi connectivity index (χ3v) is 6.59. The molecule has 30 heavy (non-hydrogen) atoms. The van der Waals surface area contributed by atoms with Crippen molar-refractivity contribution in [2.45, 2.75) is 52.4 Å². The van der Waals surface area contributed by atoms with Gasteiger partial charge in [-0.25, -0.2) is 0 Å². The highest BCUT2D eigenvalue weighted by molar-refractivity contribution is 8.76. The highest BCUT2D eigenvalue weighted by atomic mass is 33.1. The Bertz CT molecular complexity index is 486. The van der Waals surface area contributed by atoms with Crippen molar-refractivity contribution in [3.8, 4) is 0 Å². The summed E-state index contributed by atoms with van der Waals surface area (Å²) in [7, 11) is 3.21. The lowest BCUT2D eigenvalue weighted by Crippen LogP contribution is -2.22. The SMILES string of the molecule is C=C(N)CCCCC(C)C(=O)OCCSSCCOC(=O)C(C)CCCNC(=C)N.